The van der Waals surface area contributed by atoms with E-state index < -0.39 is 0 Å². The highest BCUT2D eigenvalue weighted by Crippen LogP contribution is 2.18. The topological polar surface area (TPSA) is 75.4 Å². The molecular formula is C16H26ClN3O2. The molecule has 0 bridgehead atoms. The molecule has 0 aliphatic heterocycles. The maximum Gasteiger partial charge on any atom is 0.224 e. The van der Waals surface area contributed by atoms with E-state index >= 15 is 0 Å². The Kier molecular flexibility index (Phi) is 9.26. The molecule has 0 heterocycles. The molecule has 0 fully saturated rings. The molecular weight excluding hydrogens is 302 g/mol. The summed E-state index contributed by atoms with van der Waals surface area (Å²) in [6, 6.07) is 5.41. The van der Waals surface area contributed by atoms with Crippen molar-refractivity contribution in [3.05, 3.63) is 23.8 Å². The fourth-order valence-electron chi connectivity index (χ4n) is 2.12. The highest BCUT2D eigenvalue weighted by Gasteiger charge is 2.11. The Balaban J connectivity index is 0.00000441. The Hall–Kier alpha value is -1.75. The molecule has 3 N–H and O–H groups in total. The number of carbonyl (C=O) groups excluding carboxylic acids is 2. The van der Waals surface area contributed by atoms with Gasteiger partial charge in [-0.3, -0.25) is 9.59 Å². The summed E-state index contributed by atoms with van der Waals surface area (Å²) in [5, 5.41) is 2.84. The van der Waals surface area contributed by atoms with Crippen molar-refractivity contribution in [2.24, 2.45) is 0 Å². The fraction of sp³-hybridized carbons (Fsp3) is 0.500. The number of benzene rings is 1. The van der Waals surface area contributed by atoms with Crippen LogP contribution in [0, 0.1) is 6.92 Å². The minimum absolute atomic E-state index is 0. The number of nitrogens with one attached hydrogen (secondary N) is 1. The van der Waals surface area contributed by atoms with Crippen LogP contribution in [0.2, 0.25) is 0 Å². The van der Waals surface area contributed by atoms with Crippen molar-refractivity contribution in [1.82, 2.24) is 4.90 Å². The first-order chi connectivity index (χ1) is 9.97. The summed E-state index contributed by atoms with van der Waals surface area (Å²) in [6.07, 6.45) is 1.30. The van der Waals surface area contributed by atoms with Gasteiger partial charge in [0.15, 0.2) is 0 Å². The molecule has 0 saturated carbocycles. The molecule has 0 radical (unpaired) electrons. The van der Waals surface area contributed by atoms with Gasteiger partial charge in [-0.1, -0.05) is 6.07 Å². The number of carbonyl (C=O) groups is 2. The van der Waals surface area contributed by atoms with Crippen LogP contribution in [-0.2, 0) is 9.59 Å². The molecule has 0 atom stereocenters. The summed E-state index contributed by atoms with van der Waals surface area (Å²) in [4.78, 5) is 25.5. The Labute approximate surface area is 138 Å². The third-order valence-corrected chi connectivity index (χ3v) is 3.45. The largest absolute Gasteiger partial charge is 0.399 e. The molecule has 0 aliphatic rings. The monoisotopic (exact) mass is 327 g/mol. The van der Waals surface area contributed by atoms with E-state index in [-0.39, 0.29) is 24.2 Å². The zero-order valence-corrected chi connectivity index (χ0v) is 14.3. The summed E-state index contributed by atoms with van der Waals surface area (Å²) in [5.41, 5.74) is 8.02. The molecule has 0 aromatic heterocycles. The van der Waals surface area contributed by atoms with Gasteiger partial charge in [-0.2, -0.15) is 0 Å². The van der Waals surface area contributed by atoms with E-state index in [0.29, 0.717) is 38.0 Å². The van der Waals surface area contributed by atoms with Gasteiger partial charge in [0.2, 0.25) is 11.8 Å². The lowest BCUT2D eigenvalue weighted by Crippen LogP contribution is -2.30. The second-order valence-electron chi connectivity index (χ2n) is 5.04. The maximum atomic E-state index is 11.9. The number of hydrogen-bond donors (Lipinski definition) is 2. The zero-order valence-electron chi connectivity index (χ0n) is 13.5. The van der Waals surface area contributed by atoms with Crippen LogP contribution in [0.3, 0.4) is 0 Å². The molecule has 6 heteroatoms. The van der Waals surface area contributed by atoms with E-state index in [1.54, 1.807) is 17.0 Å². The summed E-state index contributed by atoms with van der Waals surface area (Å²) < 4.78 is 0. The fourth-order valence-corrected chi connectivity index (χ4v) is 2.12. The molecule has 2 amide bonds. The van der Waals surface area contributed by atoms with Gasteiger partial charge in [-0.05, 0) is 44.9 Å². The molecule has 22 heavy (non-hydrogen) atoms. The van der Waals surface area contributed by atoms with Crippen LogP contribution in [0.15, 0.2) is 18.2 Å². The van der Waals surface area contributed by atoms with Crippen molar-refractivity contribution in [1.29, 1.82) is 0 Å². The first kappa shape index (κ1) is 20.2. The van der Waals surface area contributed by atoms with Crippen LogP contribution in [0.5, 0.6) is 0 Å². The molecule has 0 spiro atoms. The minimum Gasteiger partial charge on any atom is -0.399 e. The molecule has 124 valence electrons. The summed E-state index contributed by atoms with van der Waals surface area (Å²) >= 11 is 0. The van der Waals surface area contributed by atoms with Crippen molar-refractivity contribution in [2.45, 2.75) is 40.0 Å². The molecule has 1 aromatic carbocycles. The Morgan fingerprint density at radius 3 is 2.41 bits per heavy atom. The first-order valence-electron chi connectivity index (χ1n) is 7.41. The lowest BCUT2D eigenvalue weighted by Gasteiger charge is -2.18. The van der Waals surface area contributed by atoms with Crippen molar-refractivity contribution in [3.63, 3.8) is 0 Å². The quantitative estimate of drug-likeness (QED) is 0.756. The number of nitrogens with two attached hydrogens (primary N) is 1. The van der Waals surface area contributed by atoms with Crippen LogP contribution in [-0.4, -0.2) is 29.8 Å². The Morgan fingerprint density at radius 2 is 1.82 bits per heavy atom. The molecule has 0 unspecified atom stereocenters. The normalized spacial score (nSPS) is 9.77. The number of rotatable bonds is 7. The SMILES string of the molecule is CCN(CC)C(=O)CCCC(=O)Nc1cc(N)ccc1C.Cl. The van der Waals surface area contributed by atoms with Gasteiger partial charge in [-0.15, -0.1) is 12.4 Å². The van der Waals surface area contributed by atoms with Crippen LogP contribution in [0.4, 0.5) is 11.4 Å². The van der Waals surface area contributed by atoms with Crippen LogP contribution < -0.4 is 11.1 Å². The number of anilines is 2. The van der Waals surface area contributed by atoms with Gasteiger partial charge >= 0.3 is 0 Å². The lowest BCUT2D eigenvalue weighted by atomic mass is 10.1. The van der Waals surface area contributed by atoms with Gasteiger partial charge in [0.05, 0.1) is 0 Å². The molecule has 0 saturated heterocycles. The number of nitrogens with zero attached hydrogens (tertiary/aromatic N) is 1. The van der Waals surface area contributed by atoms with Crippen LogP contribution in [0.25, 0.3) is 0 Å². The molecule has 1 aromatic rings. The highest BCUT2D eigenvalue weighted by atomic mass is 35.5. The van der Waals surface area contributed by atoms with Gasteiger partial charge in [0.25, 0.3) is 0 Å². The number of nitrogen functional groups attached to an aromatic ring is 1. The van der Waals surface area contributed by atoms with Crippen molar-refractivity contribution in [3.8, 4) is 0 Å². The smallest absolute Gasteiger partial charge is 0.224 e. The second kappa shape index (κ2) is 10.1. The van der Waals surface area contributed by atoms with E-state index in [9.17, 15) is 9.59 Å². The van der Waals surface area contributed by atoms with Crippen molar-refractivity contribution in [2.75, 3.05) is 24.1 Å². The lowest BCUT2D eigenvalue weighted by molar-refractivity contribution is -0.130. The number of amides is 2. The van der Waals surface area contributed by atoms with E-state index in [0.717, 1.165) is 11.3 Å². The number of aryl methyl sites for hydroxylation is 1. The summed E-state index contributed by atoms with van der Waals surface area (Å²) in [5.74, 6) is 0.0176. The van der Waals surface area contributed by atoms with Crippen LogP contribution >= 0.6 is 12.4 Å². The average molecular weight is 328 g/mol. The number of halogens is 1. The van der Waals surface area contributed by atoms with Crippen molar-refractivity contribution >= 4 is 35.6 Å². The summed E-state index contributed by atoms with van der Waals surface area (Å²) in [7, 11) is 0. The number of hydrogen-bond acceptors (Lipinski definition) is 3. The van der Waals surface area contributed by atoms with E-state index in [4.69, 9.17) is 5.73 Å². The summed E-state index contributed by atoms with van der Waals surface area (Å²) in [6.45, 7) is 7.25. The van der Waals surface area contributed by atoms with Gasteiger partial charge < -0.3 is 16.0 Å². The molecule has 0 aliphatic carbocycles. The molecule has 1 rings (SSSR count). The predicted molar refractivity (Wildman–Crippen MR) is 93.2 cm³/mol. The van der Waals surface area contributed by atoms with Crippen LogP contribution in [0.1, 0.15) is 38.7 Å². The first-order valence-corrected chi connectivity index (χ1v) is 7.41. The maximum absolute atomic E-state index is 11.9. The van der Waals surface area contributed by atoms with Gasteiger partial charge in [-0.25, -0.2) is 0 Å². The molecule has 5 nitrogen and oxygen atoms in total. The Morgan fingerprint density at radius 1 is 1.18 bits per heavy atom. The zero-order chi connectivity index (χ0) is 15.8. The predicted octanol–water partition coefficient (Wildman–Crippen LogP) is 2.98. The third-order valence-electron chi connectivity index (χ3n) is 3.45. The third kappa shape index (κ3) is 6.35. The van der Waals surface area contributed by atoms with Gasteiger partial charge in [0.1, 0.15) is 0 Å². The minimum atomic E-state index is -0.0870. The van der Waals surface area contributed by atoms with E-state index in [1.165, 1.54) is 0 Å². The standard InChI is InChI=1S/C16H25N3O2.ClH/c1-4-19(5-2)16(21)8-6-7-15(20)18-14-11-13(17)10-9-12(14)3;/h9-11H,4-8,17H2,1-3H3,(H,18,20);1H. The second-order valence-corrected chi connectivity index (χ2v) is 5.04. The Bertz CT molecular complexity index is 502. The van der Waals surface area contributed by atoms with Crippen molar-refractivity contribution < 1.29 is 9.59 Å². The average Bonchev–Trinajstić information content (AvgIpc) is 2.44. The van der Waals surface area contributed by atoms with Gasteiger partial charge in [0, 0.05) is 37.3 Å². The van der Waals surface area contributed by atoms with E-state index in [1.807, 2.05) is 26.8 Å². The van der Waals surface area contributed by atoms with E-state index in [2.05, 4.69) is 5.32 Å². The highest BCUT2D eigenvalue weighted by molar-refractivity contribution is 5.92.